The van der Waals surface area contributed by atoms with Crippen LogP contribution in [0.1, 0.15) is 46.4 Å². The van der Waals surface area contributed by atoms with E-state index in [1.165, 1.54) is 19.4 Å². The molecule has 0 aliphatic carbocycles. The quantitative estimate of drug-likeness (QED) is 0.703. The Balaban J connectivity index is 2.19. The average Bonchev–Trinajstić information content (AvgIpc) is 2.88. The standard InChI is InChI=1S/C14H29N5/c1-5-18(6-2)10-8-9-13(4)15-11-14-16-12-17-19(14)7-3/h12-13,15H,5-11H2,1-4H3. The van der Waals surface area contributed by atoms with E-state index >= 15 is 0 Å². The second-order valence-electron chi connectivity index (χ2n) is 4.94. The van der Waals surface area contributed by atoms with Gasteiger partial charge in [-0.3, -0.25) is 0 Å². The van der Waals surface area contributed by atoms with E-state index in [1.807, 2.05) is 4.68 Å². The number of aromatic nitrogens is 3. The fourth-order valence-corrected chi connectivity index (χ4v) is 2.22. The number of nitrogens with zero attached hydrogens (tertiary/aromatic N) is 4. The monoisotopic (exact) mass is 267 g/mol. The summed E-state index contributed by atoms with van der Waals surface area (Å²) in [5, 5.41) is 7.71. The number of nitrogens with one attached hydrogen (secondary N) is 1. The first kappa shape index (κ1) is 16.1. The number of rotatable bonds is 10. The van der Waals surface area contributed by atoms with Gasteiger partial charge in [0, 0.05) is 12.6 Å². The molecule has 1 heterocycles. The third kappa shape index (κ3) is 5.70. The Bertz CT molecular complexity index is 332. The minimum absolute atomic E-state index is 0.526. The van der Waals surface area contributed by atoms with E-state index in [4.69, 9.17) is 0 Å². The molecule has 1 N–H and O–H groups in total. The first-order chi connectivity index (χ1) is 9.21. The van der Waals surface area contributed by atoms with Crippen molar-refractivity contribution in [3.63, 3.8) is 0 Å². The highest BCUT2D eigenvalue weighted by Crippen LogP contribution is 2.01. The lowest BCUT2D eigenvalue weighted by molar-refractivity contribution is 0.290. The van der Waals surface area contributed by atoms with Gasteiger partial charge in [0.05, 0.1) is 6.54 Å². The molecule has 0 aromatic carbocycles. The summed E-state index contributed by atoms with van der Waals surface area (Å²) in [6.45, 7) is 14.0. The predicted octanol–water partition coefficient (Wildman–Crippen LogP) is 1.90. The van der Waals surface area contributed by atoms with Gasteiger partial charge in [0.25, 0.3) is 0 Å². The van der Waals surface area contributed by atoms with E-state index in [9.17, 15) is 0 Å². The Labute approximate surface area is 117 Å². The van der Waals surface area contributed by atoms with Crippen molar-refractivity contribution in [3.8, 4) is 0 Å². The van der Waals surface area contributed by atoms with Gasteiger partial charge in [0.15, 0.2) is 0 Å². The van der Waals surface area contributed by atoms with Crippen LogP contribution < -0.4 is 5.32 Å². The van der Waals surface area contributed by atoms with Crippen LogP contribution in [-0.4, -0.2) is 45.3 Å². The van der Waals surface area contributed by atoms with E-state index in [2.05, 4.69) is 48.0 Å². The topological polar surface area (TPSA) is 46.0 Å². The van der Waals surface area contributed by atoms with Crippen molar-refractivity contribution in [2.24, 2.45) is 0 Å². The fraction of sp³-hybridized carbons (Fsp3) is 0.857. The van der Waals surface area contributed by atoms with E-state index < -0.39 is 0 Å². The van der Waals surface area contributed by atoms with Gasteiger partial charge in [-0.15, -0.1) is 0 Å². The van der Waals surface area contributed by atoms with Crippen LogP contribution in [0.25, 0.3) is 0 Å². The van der Waals surface area contributed by atoms with E-state index in [0.29, 0.717) is 6.04 Å². The van der Waals surface area contributed by atoms with Gasteiger partial charge in [0.2, 0.25) is 0 Å². The summed E-state index contributed by atoms with van der Waals surface area (Å²) in [4.78, 5) is 6.75. The van der Waals surface area contributed by atoms with Gasteiger partial charge in [-0.2, -0.15) is 5.10 Å². The van der Waals surface area contributed by atoms with Crippen LogP contribution in [0.5, 0.6) is 0 Å². The number of hydrogen-bond donors (Lipinski definition) is 1. The van der Waals surface area contributed by atoms with Crippen molar-refractivity contribution in [3.05, 3.63) is 12.2 Å². The molecular formula is C14H29N5. The zero-order valence-corrected chi connectivity index (χ0v) is 12.9. The molecule has 1 unspecified atom stereocenters. The molecule has 1 atom stereocenters. The van der Waals surface area contributed by atoms with Crippen molar-refractivity contribution >= 4 is 0 Å². The molecule has 0 aliphatic rings. The molecule has 110 valence electrons. The minimum Gasteiger partial charge on any atom is -0.307 e. The molecule has 0 fully saturated rings. The highest BCUT2D eigenvalue weighted by Gasteiger charge is 2.06. The maximum absolute atomic E-state index is 4.28. The van der Waals surface area contributed by atoms with E-state index in [1.54, 1.807) is 6.33 Å². The zero-order chi connectivity index (χ0) is 14.1. The molecule has 1 aromatic heterocycles. The molecule has 0 saturated carbocycles. The molecule has 5 nitrogen and oxygen atoms in total. The molecule has 0 saturated heterocycles. The van der Waals surface area contributed by atoms with Crippen LogP contribution in [0, 0.1) is 0 Å². The third-order valence-corrected chi connectivity index (χ3v) is 3.61. The van der Waals surface area contributed by atoms with Gasteiger partial charge in [-0.1, -0.05) is 13.8 Å². The summed E-state index contributed by atoms with van der Waals surface area (Å²) in [5.41, 5.74) is 0. The summed E-state index contributed by atoms with van der Waals surface area (Å²) in [5.74, 6) is 1.03. The molecule has 0 bridgehead atoms. The molecule has 0 aliphatic heterocycles. The van der Waals surface area contributed by atoms with E-state index in [-0.39, 0.29) is 0 Å². The smallest absolute Gasteiger partial charge is 0.140 e. The normalized spacial score (nSPS) is 13.1. The molecular weight excluding hydrogens is 238 g/mol. The Morgan fingerprint density at radius 2 is 2.05 bits per heavy atom. The van der Waals surface area contributed by atoms with Crippen molar-refractivity contribution < 1.29 is 0 Å². The molecule has 1 aromatic rings. The van der Waals surface area contributed by atoms with Crippen LogP contribution in [-0.2, 0) is 13.1 Å². The van der Waals surface area contributed by atoms with Crippen molar-refractivity contribution in [1.82, 2.24) is 25.0 Å². The molecule has 0 radical (unpaired) electrons. The maximum atomic E-state index is 4.28. The Kier molecular flexibility index (Phi) is 7.67. The largest absolute Gasteiger partial charge is 0.307 e. The van der Waals surface area contributed by atoms with Crippen LogP contribution in [0.4, 0.5) is 0 Å². The second kappa shape index (κ2) is 9.04. The van der Waals surface area contributed by atoms with Crippen LogP contribution in [0.15, 0.2) is 6.33 Å². The lowest BCUT2D eigenvalue weighted by Crippen LogP contribution is -2.29. The van der Waals surface area contributed by atoms with Crippen molar-refractivity contribution in [2.45, 2.75) is 59.7 Å². The van der Waals surface area contributed by atoms with Gasteiger partial charge < -0.3 is 10.2 Å². The second-order valence-corrected chi connectivity index (χ2v) is 4.94. The first-order valence-corrected chi connectivity index (χ1v) is 7.53. The van der Waals surface area contributed by atoms with Gasteiger partial charge in [-0.25, -0.2) is 9.67 Å². The summed E-state index contributed by atoms with van der Waals surface area (Å²) >= 11 is 0. The molecule has 0 amide bonds. The lowest BCUT2D eigenvalue weighted by Gasteiger charge is -2.19. The van der Waals surface area contributed by atoms with Crippen LogP contribution >= 0.6 is 0 Å². The summed E-state index contributed by atoms with van der Waals surface area (Å²) < 4.78 is 1.94. The van der Waals surface area contributed by atoms with Crippen LogP contribution in [0.3, 0.4) is 0 Å². The fourth-order valence-electron chi connectivity index (χ4n) is 2.22. The van der Waals surface area contributed by atoms with Gasteiger partial charge in [-0.05, 0) is 46.3 Å². The Hall–Kier alpha value is -0.940. The number of aryl methyl sites for hydroxylation is 1. The van der Waals surface area contributed by atoms with Crippen molar-refractivity contribution in [2.75, 3.05) is 19.6 Å². The summed E-state index contributed by atoms with van der Waals surface area (Å²) in [6.07, 6.45) is 4.08. The minimum atomic E-state index is 0.526. The number of hydrogen-bond acceptors (Lipinski definition) is 4. The molecule has 1 rings (SSSR count). The van der Waals surface area contributed by atoms with Gasteiger partial charge in [0.1, 0.15) is 12.2 Å². The zero-order valence-electron chi connectivity index (χ0n) is 12.9. The van der Waals surface area contributed by atoms with Crippen molar-refractivity contribution in [1.29, 1.82) is 0 Å². The summed E-state index contributed by atoms with van der Waals surface area (Å²) in [6, 6.07) is 0.526. The maximum Gasteiger partial charge on any atom is 0.140 e. The van der Waals surface area contributed by atoms with Crippen LogP contribution in [0.2, 0.25) is 0 Å². The third-order valence-electron chi connectivity index (χ3n) is 3.61. The van der Waals surface area contributed by atoms with Gasteiger partial charge >= 0.3 is 0 Å². The molecule has 0 spiro atoms. The van der Waals surface area contributed by atoms with E-state index in [0.717, 1.165) is 32.0 Å². The average molecular weight is 267 g/mol. The SMILES string of the molecule is CCN(CC)CCCC(C)NCc1ncnn1CC. The highest BCUT2D eigenvalue weighted by molar-refractivity contribution is 4.84. The predicted molar refractivity (Wildman–Crippen MR) is 79.0 cm³/mol. The molecule has 19 heavy (non-hydrogen) atoms. The lowest BCUT2D eigenvalue weighted by atomic mass is 10.1. The highest BCUT2D eigenvalue weighted by atomic mass is 15.3. The first-order valence-electron chi connectivity index (χ1n) is 7.53. The Morgan fingerprint density at radius 1 is 1.32 bits per heavy atom. The summed E-state index contributed by atoms with van der Waals surface area (Å²) in [7, 11) is 0. The Morgan fingerprint density at radius 3 is 2.68 bits per heavy atom. The molecule has 5 heteroatoms.